The molecule has 0 aliphatic rings. The van der Waals surface area contributed by atoms with Crippen LogP contribution in [0.3, 0.4) is 0 Å². The molecule has 0 spiro atoms. The quantitative estimate of drug-likeness (QED) is 0.392. The predicted molar refractivity (Wildman–Crippen MR) is 70.4 cm³/mol. The zero-order valence-electron chi connectivity index (χ0n) is 9.68. The smallest absolute Gasteiger partial charge is 0.170 e. The fourth-order valence-electron chi connectivity index (χ4n) is 1.46. The van der Waals surface area contributed by atoms with Crippen molar-refractivity contribution in [3.05, 3.63) is 58.9 Å². The van der Waals surface area contributed by atoms with Crippen LogP contribution >= 0.6 is 11.6 Å². The second-order valence-corrected chi connectivity index (χ2v) is 4.10. The van der Waals surface area contributed by atoms with Gasteiger partial charge in [-0.3, -0.25) is 0 Å². The molecule has 98 valence electrons. The fraction of sp³-hybridized carbons (Fsp3) is 0. The maximum absolute atomic E-state index is 13.0. The van der Waals surface area contributed by atoms with Crippen molar-refractivity contribution in [1.29, 1.82) is 0 Å². The molecule has 3 N–H and O–H groups in total. The summed E-state index contributed by atoms with van der Waals surface area (Å²) in [6, 6.07) is 10.3. The minimum atomic E-state index is -0.401. The number of oxime groups is 1. The fourth-order valence-corrected chi connectivity index (χ4v) is 1.68. The molecule has 0 aliphatic carbocycles. The van der Waals surface area contributed by atoms with Gasteiger partial charge < -0.3 is 15.7 Å². The van der Waals surface area contributed by atoms with Crippen molar-refractivity contribution in [3.8, 4) is 11.5 Å². The third-order valence-electron chi connectivity index (χ3n) is 2.36. The van der Waals surface area contributed by atoms with E-state index < -0.39 is 5.82 Å². The van der Waals surface area contributed by atoms with Crippen molar-refractivity contribution in [2.75, 3.05) is 0 Å². The number of nitrogens with two attached hydrogens (primary N) is 1. The Hall–Kier alpha value is -2.27. The molecule has 0 atom stereocenters. The standard InChI is InChI=1S/C13H10ClFN2O2/c14-11-6-8(13(16)17-18)4-5-12(11)19-10-3-1-2-9(15)7-10/h1-7,18H,(H2,16,17). The van der Waals surface area contributed by atoms with Crippen molar-refractivity contribution in [2.45, 2.75) is 0 Å². The molecule has 0 aliphatic heterocycles. The van der Waals surface area contributed by atoms with Gasteiger partial charge in [-0.2, -0.15) is 0 Å². The minimum absolute atomic E-state index is 0.0563. The summed E-state index contributed by atoms with van der Waals surface area (Å²) in [6.45, 7) is 0. The Kier molecular flexibility index (Phi) is 3.87. The topological polar surface area (TPSA) is 67.8 Å². The molecule has 4 nitrogen and oxygen atoms in total. The number of benzene rings is 2. The molecule has 6 heteroatoms. The molecule has 0 bridgehead atoms. The van der Waals surface area contributed by atoms with E-state index in [0.717, 1.165) is 0 Å². The lowest BCUT2D eigenvalue weighted by molar-refractivity contribution is 0.318. The number of amidine groups is 1. The van der Waals surface area contributed by atoms with Crippen molar-refractivity contribution >= 4 is 17.4 Å². The minimum Gasteiger partial charge on any atom is -0.456 e. The second kappa shape index (κ2) is 5.58. The molecule has 2 rings (SSSR count). The number of hydrogen-bond donors (Lipinski definition) is 2. The van der Waals surface area contributed by atoms with Gasteiger partial charge in [-0.25, -0.2) is 4.39 Å². The van der Waals surface area contributed by atoms with Crippen LogP contribution < -0.4 is 10.5 Å². The Morgan fingerprint density at radius 3 is 2.68 bits per heavy atom. The highest BCUT2D eigenvalue weighted by Gasteiger charge is 2.07. The lowest BCUT2D eigenvalue weighted by atomic mass is 10.2. The molecule has 0 saturated heterocycles. The van der Waals surface area contributed by atoms with Gasteiger partial charge in [0.15, 0.2) is 5.84 Å². The summed E-state index contributed by atoms with van der Waals surface area (Å²) in [4.78, 5) is 0. The summed E-state index contributed by atoms with van der Waals surface area (Å²) in [5, 5.41) is 11.7. The molecular weight excluding hydrogens is 271 g/mol. The maximum Gasteiger partial charge on any atom is 0.170 e. The Bertz CT molecular complexity index is 632. The van der Waals surface area contributed by atoms with Gasteiger partial charge in [0.1, 0.15) is 17.3 Å². The predicted octanol–water partition coefficient (Wildman–Crippen LogP) is 3.37. The zero-order valence-corrected chi connectivity index (χ0v) is 10.4. The monoisotopic (exact) mass is 280 g/mol. The Morgan fingerprint density at radius 2 is 2.05 bits per heavy atom. The third-order valence-corrected chi connectivity index (χ3v) is 2.65. The van der Waals surface area contributed by atoms with Crippen molar-refractivity contribution in [3.63, 3.8) is 0 Å². The number of rotatable bonds is 3. The zero-order chi connectivity index (χ0) is 13.8. The lowest BCUT2D eigenvalue weighted by Gasteiger charge is -2.08. The van der Waals surface area contributed by atoms with Crippen LogP contribution in [-0.4, -0.2) is 11.0 Å². The molecule has 19 heavy (non-hydrogen) atoms. The second-order valence-electron chi connectivity index (χ2n) is 3.69. The Labute approximate surface area is 113 Å². The van der Waals surface area contributed by atoms with Gasteiger partial charge in [0.2, 0.25) is 0 Å². The van der Waals surface area contributed by atoms with E-state index in [2.05, 4.69) is 5.16 Å². The SMILES string of the molecule is NC(=NO)c1ccc(Oc2cccc(F)c2)c(Cl)c1. The van der Waals surface area contributed by atoms with Crippen LogP contribution in [0.1, 0.15) is 5.56 Å². The molecule has 0 radical (unpaired) electrons. The van der Waals surface area contributed by atoms with Crippen LogP contribution in [0.15, 0.2) is 47.6 Å². The van der Waals surface area contributed by atoms with E-state index in [1.165, 1.54) is 24.3 Å². The first-order chi connectivity index (χ1) is 9.10. The van der Waals surface area contributed by atoms with E-state index in [4.69, 9.17) is 27.3 Å². The number of halogens is 2. The van der Waals surface area contributed by atoms with Gasteiger partial charge in [-0.15, -0.1) is 0 Å². The summed E-state index contributed by atoms with van der Waals surface area (Å²) in [5.74, 6) is 0.223. The van der Waals surface area contributed by atoms with E-state index in [1.807, 2.05) is 0 Å². The molecule has 0 saturated carbocycles. The highest BCUT2D eigenvalue weighted by atomic mass is 35.5. The van der Waals surface area contributed by atoms with Gasteiger partial charge in [0, 0.05) is 11.6 Å². The Morgan fingerprint density at radius 1 is 1.26 bits per heavy atom. The normalized spacial score (nSPS) is 11.4. The molecule has 2 aromatic rings. The molecule has 0 unspecified atom stereocenters. The highest BCUT2D eigenvalue weighted by molar-refractivity contribution is 6.32. The van der Waals surface area contributed by atoms with E-state index in [0.29, 0.717) is 17.1 Å². The molecule has 2 aromatic carbocycles. The van der Waals surface area contributed by atoms with Gasteiger partial charge in [0.05, 0.1) is 5.02 Å². The van der Waals surface area contributed by atoms with Gasteiger partial charge in [-0.1, -0.05) is 22.8 Å². The average Bonchev–Trinajstić information content (AvgIpc) is 2.40. The highest BCUT2D eigenvalue weighted by Crippen LogP contribution is 2.30. The van der Waals surface area contributed by atoms with Crippen molar-refractivity contribution < 1.29 is 14.3 Å². The average molecular weight is 281 g/mol. The largest absolute Gasteiger partial charge is 0.456 e. The van der Waals surface area contributed by atoms with E-state index >= 15 is 0 Å². The van der Waals surface area contributed by atoms with Crippen LogP contribution in [0.25, 0.3) is 0 Å². The number of hydrogen-bond acceptors (Lipinski definition) is 3. The first kappa shape index (κ1) is 13.2. The lowest BCUT2D eigenvalue weighted by Crippen LogP contribution is -2.12. The summed E-state index contributed by atoms with van der Waals surface area (Å²) in [7, 11) is 0. The van der Waals surface area contributed by atoms with Gasteiger partial charge >= 0.3 is 0 Å². The number of nitrogens with zero attached hydrogens (tertiary/aromatic N) is 1. The van der Waals surface area contributed by atoms with Gasteiger partial charge in [0.25, 0.3) is 0 Å². The van der Waals surface area contributed by atoms with E-state index in [9.17, 15) is 4.39 Å². The third kappa shape index (κ3) is 3.14. The van der Waals surface area contributed by atoms with E-state index in [1.54, 1.807) is 18.2 Å². The van der Waals surface area contributed by atoms with Crippen LogP contribution in [0.2, 0.25) is 5.02 Å². The van der Waals surface area contributed by atoms with E-state index in [-0.39, 0.29) is 10.9 Å². The molecular formula is C13H10ClFN2O2. The summed E-state index contributed by atoms with van der Waals surface area (Å²) < 4.78 is 18.5. The van der Waals surface area contributed by atoms with Gasteiger partial charge in [-0.05, 0) is 30.3 Å². The molecule has 0 fully saturated rings. The summed E-state index contributed by atoms with van der Waals surface area (Å²) >= 11 is 6.01. The van der Waals surface area contributed by atoms with Crippen LogP contribution in [0.5, 0.6) is 11.5 Å². The first-order valence-electron chi connectivity index (χ1n) is 5.31. The van der Waals surface area contributed by atoms with Crippen LogP contribution in [-0.2, 0) is 0 Å². The van der Waals surface area contributed by atoms with Crippen LogP contribution in [0, 0.1) is 5.82 Å². The van der Waals surface area contributed by atoms with Crippen molar-refractivity contribution in [2.24, 2.45) is 10.9 Å². The summed E-state index contributed by atoms with van der Waals surface area (Å²) in [5.41, 5.74) is 5.89. The first-order valence-corrected chi connectivity index (χ1v) is 5.69. The van der Waals surface area contributed by atoms with Crippen molar-refractivity contribution in [1.82, 2.24) is 0 Å². The molecule has 0 aromatic heterocycles. The maximum atomic E-state index is 13.0. The summed E-state index contributed by atoms with van der Waals surface area (Å²) in [6.07, 6.45) is 0. The molecule has 0 heterocycles. The van der Waals surface area contributed by atoms with Crippen LogP contribution in [0.4, 0.5) is 4.39 Å². The molecule has 0 amide bonds. The number of ether oxygens (including phenoxy) is 1. The Balaban J connectivity index is 2.27.